The van der Waals surface area contributed by atoms with E-state index in [0.717, 1.165) is 11.4 Å². The maximum absolute atomic E-state index is 13.0. The molecule has 3 rings (SSSR count). The Morgan fingerprint density at radius 3 is 2.76 bits per heavy atom. The number of aromatic nitrogens is 2. The van der Waals surface area contributed by atoms with E-state index in [1.54, 1.807) is 0 Å². The third-order valence-electron chi connectivity index (χ3n) is 3.91. The highest BCUT2D eigenvalue weighted by Crippen LogP contribution is 2.27. The fraction of sp³-hybridized carbons (Fsp3) is 0.412. The minimum Gasteiger partial charge on any atom is -0.312 e. The van der Waals surface area contributed by atoms with Crippen LogP contribution in [0.5, 0.6) is 0 Å². The fourth-order valence-electron chi connectivity index (χ4n) is 2.70. The number of halogens is 1. The van der Waals surface area contributed by atoms with Crippen LogP contribution in [0, 0.1) is 17.7 Å². The quantitative estimate of drug-likeness (QED) is 0.887. The molecule has 1 aromatic carbocycles. The lowest BCUT2D eigenvalue weighted by atomic mass is 10.1. The molecule has 1 aliphatic rings. The van der Waals surface area contributed by atoms with Gasteiger partial charge in [-0.05, 0) is 30.2 Å². The van der Waals surface area contributed by atoms with Crippen molar-refractivity contribution in [1.82, 2.24) is 10.2 Å². The Bertz CT molecular complexity index is 775. The van der Waals surface area contributed by atoms with E-state index in [9.17, 15) is 14.0 Å². The number of amides is 2. The highest BCUT2D eigenvalue weighted by molar-refractivity contribution is 7.15. The van der Waals surface area contributed by atoms with Gasteiger partial charge in [-0.1, -0.05) is 25.2 Å². The summed E-state index contributed by atoms with van der Waals surface area (Å²) in [6, 6.07) is 5.67. The minimum atomic E-state index is -0.463. The third-order valence-corrected chi connectivity index (χ3v) is 4.77. The van der Waals surface area contributed by atoms with Crippen molar-refractivity contribution in [3.05, 3.63) is 35.1 Å². The predicted octanol–water partition coefficient (Wildman–Crippen LogP) is 2.87. The standard InChI is InChI=1S/C17H19FN4O2S/c1-10(2)7-14-20-21-17(25-14)19-16(24)11-8-15(23)22(9-11)13-5-3-12(18)4-6-13/h3-6,10-11H,7-9H2,1-2H3,(H,19,21,24). The van der Waals surface area contributed by atoms with E-state index >= 15 is 0 Å². The van der Waals surface area contributed by atoms with Gasteiger partial charge in [0.2, 0.25) is 16.9 Å². The van der Waals surface area contributed by atoms with Crippen LogP contribution < -0.4 is 10.2 Å². The Kier molecular flexibility index (Phi) is 5.08. The highest BCUT2D eigenvalue weighted by Gasteiger charge is 2.35. The summed E-state index contributed by atoms with van der Waals surface area (Å²) in [6.07, 6.45) is 0.939. The number of carbonyl (C=O) groups excluding carboxylic acids is 2. The monoisotopic (exact) mass is 362 g/mol. The smallest absolute Gasteiger partial charge is 0.231 e. The molecular formula is C17H19FN4O2S. The van der Waals surface area contributed by atoms with Crippen LogP contribution in [0.25, 0.3) is 0 Å². The molecule has 0 spiro atoms. The van der Waals surface area contributed by atoms with Gasteiger partial charge in [0, 0.05) is 25.1 Å². The van der Waals surface area contributed by atoms with E-state index < -0.39 is 5.92 Å². The summed E-state index contributed by atoms with van der Waals surface area (Å²) in [5, 5.41) is 12.1. The van der Waals surface area contributed by atoms with Crippen LogP contribution in [0.1, 0.15) is 25.3 Å². The van der Waals surface area contributed by atoms with Crippen LogP contribution in [-0.4, -0.2) is 28.6 Å². The molecule has 0 radical (unpaired) electrons. The molecule has 0 saturated carbocycles. The molecule has 8 heteroatoms. The van der Waals surface area contributed by atoms with Gasteiger partial charge in [0.05, 0.1) is 5.92 Å². The van der Waals surface area contributed by atoms with Crippen molar-refractivity contribution in [1.29, 1.82) is 0 Å². The molecule has 2 aromatic rings. The SMILES string of the molecule is CC(C)Cc1nnc(NC(=O)C2CC(=O)N(c3ccc(F)cc3)C2)s1. The summed E-state index contributed by atoms with van der Waals surface area (Å²) in [6.45, 7) is 4.45. The summed E-state index contributed by atoms with van der Waals surface area (Å²) < 4.78 is 13.0. The largest absolute Gasteiger partial charge is 0.312 e. The van der Waals surface area contributed by atoms with Gasteiger partial charge in [-0.3, -0.25) is 9.59 Å². The summed E-state index contributed by atoms with van der Waals surface area (Å²) in [7, 11) is 0. The predicted molar refractivity (Wildman–Crippen MR) is 93.9 cm³/mol. The zero-order chi connectivity index (χ0) is 18.0. The molecular weight excluding hydrogens is 343 g/mol. The van der Waals surface area contributed by atoms with Crippen molar-refractivity contribution >= 4 is 34.0 Å². The Hall–Kier alpha value is -2.35. The third kappa shape index (κ3) is 4.19. The summed E-state index contributed by atoms with van der Waals surface area (Å²) in [4.78, 5) is 26.1. The molecule has 1 fully saturated rings. The van der Waals surface area contributed by atoms with Crippen molar-refractivity contribution in [2.45, 2.75) is 26.7 Å². The fourth-order valence-corrected chi connectivity index (χ4v) is 3.65. The topological polar surface area (TPSA) is 75.2 Å². The number of nitrogens with one attached hydrogen (secondary N) is 1. The second-order valence-corrected chi connectivity index (χ2v) is 7.53. The Morgan fingerprint density at radius 2 is 2.08 bits per heavy atom. The highest BCUT2D eigenvalue weighted by atomic mass is 32.1. The number of nitrogens with zero attached hydrogens (tertiary/aromatic N) is 3. The lowest BCUT2D eigenvalue weighted by Crippen LogP contribution is -2.28. The van der Waals surface area contributed by atoms with Crippen LogP contribution in [0.4, 0.5) is 15.2 Å². The van der Waals surface area contributed by atoms with E-state index in [-0.39, 0.29) is 30.6 Å². The average molecular weight is 362 g/mol. The molecule has 2 heterocycles. The van der Waals surface area contributed by atoms with Crippen molar-refractivity contribution in [2.75, 3.05) is 16.8 Å². The lowest BCUT2D eigenvalue weighted by Gasteiger charge is -2.16. The number of benzene rings is 1. The zero-order valence-corrected chi connectivity index (χ0v) is 14.8. The van der Waals surface area contributed by atoms with E-state index in [1.807, 2.05) is 0 Å². The minimum absolute atomic E-state index is 0.126. The van der Waals surface area contributed by atoms with E-state index in [4.69, 9.17) is 0 Å². The van der Waals surface area contributed by atoms with E-state index in [1.165, 1.54) is 40.5 Å². The number of anilines is 2. The zero-order valence-electron chi connectivity index (χ0n) is 14.0. The van der Waals surface area contributed by atoms with Gasteiger partial charge in [-0.15, -0.1) is 10.2 Å². The molecule has 1 aromatic heterocycles. The lowest BCUT2D eigenvalue weighted by molar-refractivity contribution is -0.122. The summed E-state index contributed by atoms with van der Waals surface area (Å²) in [5.41, 5.74) is 0.594. The molecule has 132 valence electrons. The van der Waals surface area contributed by atoms with Crippen molar-refractivity contribution < 1.29 is 14.0 Å². The summed E-state index contributed by atoms with van der Waals surface area (Å²) >= 11 is 1.35. The molecule has 0 aliphatic carbocycles. The molecule has 0 bridgehead atoms. The molecule has 1 aliphatic heterocycles. The average Bonchev–Trinajstić information content (AvgIpc) is 3.14. The second-order valence-electron chi connectivity index (χ2n) is 6.47. The van der Waals surface area contributed by atoms with Crippen LogP contribution in [0.2, 0.25) is 0 Å². The van der Waals surface area contributed by atoms with Gasteiger partial charge in [0.1, 0.15) is 10.8 Å². The Balaban J connectivity index is 1.62. The first-order chi connectivity index (χ1) is 11.9. The van der Waals surface area contributed by atoms with E-state index in [0.29, 0.717) is 16.7 Å². The molecule has 1 N–H and O–H groups in total. The van der Waals surface area contributed by atoms with Gasteiger partial charge < -0.3 is 10.2 Å². The van der Waals surface area contributed by atoms with Crippen LogP contribution in [0.15, 0.2) is 24.3 Å². The molecule has 2 amide bonds. The first-order valence-electron chi connectivity index (χ1n) is 8.11. The molecule has 6 nitrogen and oxygen atoms in total. The normalized spacial score (nSPS) is 17.4. The van der Waals surface area contributed by atoms with Gasteiger partial charge in [-0.25, -0.2) is 4.39 Å². The maximum Gasteiger partial charge on any atom is 0.231 e. The number of hydrogen-bond acceptors (Lipinski definition) is 5. The molecule has 1 saturated heterocycles. The van der Waals surface area contributed by atoms with Crippen molar-refractivity contribution in [3.8, 4) is 0 Å². The van der Waals surface area contributed by atoms with Crippen LogP contribution >= 0.6 is 11.3 Å². The van der Waals surface area contributed by atoms with Gasteiger partial charge >= 0.3 is 0 Å². The Morgan fingerprint density at radius 1 is 1.36 bits per heavy atom. The van der Waals surface area contributed by atoms with Gasteiger partial charge in [0.15, 0.2) is 0 Å². The maximum atomic E-state index is 13.0. The summed E-state index contributed by atoms with van der Waals surface area (Å²) in [5.74, 6) is -0.754. The van der Waals surface area contributed by atoms with Crippen molar-refractivity contribution in [2.24, 2.45) is 11.8 Å². The second kappa shape index (κ2) is 7.26. The molecule has 1 atom stereocenters. The first-order valence-corrected chi connectivity index (χ1v) is 8.93. The molecule has 1 unspecified atom stereocenters. The van der Waals surface area contributed by atoms with Crippen molar-refractivity contribution in [3.63, 3.8) is 0 Å². The van der Waals surface area contributed by atoms with Gasteiger partial charge in [-0.2, -0.15) is 0 Å². The Labute approximate surface area is 149 Å². The van der Waals surface area contributed by atoms with Gasteiger partial charge in [0.25, 0.3) is 0 Å². The molecule has 25 heavy (non-hydrogen) atoms. The number of rotatable bonds is 5. The first kappa shape index (κ1) is 17.5. The van der Waals surface area contributed by atoms with Crippen LogP contribution in [-0.2, 0) is 16.0 Å². The van der Waals surface area contributed by atoms with Crippen LogP contribution in [0.3, 0.4) is 0 Å². The number of carbonyl (C=O) groups is 2. The number of hydrogen-bond donors (Lipinski definition) is 1. The van der Waals surface area contributed by atoms with E-state index in [2.05, 4.69) is 29.4 Å².